The Bertz CT molecular complexity index is 1510. The number of hydrogen-bond donors (Lipinski definition) is 1. The van der Waals surface area contributed by atoms with Gasteiger partial charge in [-0.3, -0.25) is 14.3 Å². The number of amides is 2. The molecule has 2 amide bonds. The van der Waals surface area contributed by atoms with Gasteiger partial charge >= 0.3 is 0 Å². The van der Waals surface area contributed by atoms with Crippen molar-refractivity contribution in [3.63, 3.8) is 0 Å². The molecule has 1 saturated heterocycles. The first-order valence-electron chi connectivity index (χ1n) is 12.0. The Labute approximate surface area is 225 Å². The Morgan fingerprint density at radius 1 is 1.18 bits per heavy atom. The van der Waals surface area contributed by atoms with Crippen molar-refractivity contribution in [2.45, 2.75) is 45.2 Å². The van der Waals surface area contributed by atoms with Crippen LogP contribution in [0, 0.1) is 6.92 Å². The fourth-order valence-electron chi connectivity index (χ4n) is 4.55. The number of carbonyl (C=O) groups excluding carboxylic acids is 2. The number of carbonyl (C=O) groups is 2. The minimum atomic E-state index is -1.39. The van der Waals surface area contributed by atoms with Gasteiger partial charge in [0.2, 0.25) is 11.8 Å². The van der Waals surface area contributed by atoms with Crippen LogP contribution in [0.4, 0.5) is 14.6 Å². The van der Waals surface area contributed by atoms with Crippen molar-refractivity contribution in [1.29, 1.82) is 0 Å². The highest BCUT2D eigenvalue weighted by atomic mass is 79.9. The Balaban J connectivity index is 1.40. The van der Waals surface area contributed by atoms with Crippen LogP contribution < -0.4 is 5.32 Å². The second kappa shape index (κ2) is 10.5. The lowest BCUT2D eigenvalue weighted by Crippen LogP contribution is -2.44. The molecule has 0 radical (unpaired) electrons. The molecule has 4 aromatic rings. The lowest BCUT2D eigenvalue weighted by molar-refractivity contribution is -0.137. The van der Waals surface area contributed by atoms with E-state index in [9.17, 15) is 18.4 Å². The molecule has 0 saturated carbocycles. The number of rotatable bonds is 6. The van der Waals surface area contributed by atoms with Crippen molar-refractivity contribution >= 4 is 44.5 Å². The van der Waals surface area contributed by atoms with Gasteiger partial charge in [-0.1, -0.05) is 12.1 Å². The number of likely N-dealkylation sites (tertiary alicyclic amines) is 1. The predicted octanol–water partition coefficient (Wildman–Crippen LogP) is 4.57. The zero-order chi connectivity index (χ0) is 27.0. The molecule has 38 heavy (non-hydrogen) atoms. The van der Waals surface area contributed by atoms with Gasteiger partial charge in [-0.25, -0.2) is 23.7 Å². The molecule has 1 fully saturated rings. The Kier molecular flexibility index (Phi) is 7.15. The van der Waals surface area contributed by atoms with E-state index >= 15 is 0 Å². The van der Waals surface area contributed by atoms with Gasteiger partial charge in [-0.2, -0.15) is 5.10 Å². The summed E-state index contributed by atoms with van der Waals surface area (Å²) in [5.41, 5.74) is 2.27. The van der Waals surface area contributed by atoms with Crippen molar-refractivity contribution in [3.05, 3.63) is 64.9 Å². The number of fused-ring (bicyclic) bond motifs is 1. The molecule has 3 aromatic heterocycles. The number of anilines is 1. The van der Waals surface area contributed by atoms with E-state index in [-0.39, 0.29) is 31.0 Å². The van der Waals surface area contributed by atoms with Crippen molar-refractivity contribution in [2.24, 2.45) is 0 Å². The third-order valence-electron chi connectivity index (χ3n) is 6.39. The van der Waals surface area contributed by atoms with E-state index in [0.717, 1.165) is 11.1 Å². The largest absolute Gasteiger partial charge is 0.326 e. The summed E-state index contributed by atoms with van der Waals surface area (Å²) < 4.78 is 30.9. The number of alkyl halides is 2. The molecule has 0 bridgehead atoms. The van der Waals surface area contributed by atoms with E-state index in [1.54, 1.807) is 49.6 Å². The molecule has 1 aliphatic heterocycles. The summed E-state index contributed by atoms with van der Waals surface area (Å²) in [7, 11) is 0. The smallest absolute Gasteiger partial charge is 0.248 e. The second-order valence-electron chi connectivity index (χ2n) is 9.14. The Morgan fingerprint density at radius 3 is 2.66 bits per heavy atom. The zero-order valence-corrected chi connectivity index (χ0v) is 22.2. The van der Waals surface area contributed by atoms with Gasteiger partial charge in [0, 0.05) is 29.8 Å². The molecule has 0 aliphatic carbocycles. The maximum Gasteiger partial charge on any atom is 0.248 e. The molecule has 5 rings (SSSR count). The zero-order valence-electron chi connectivity index (χ0n) is 20.6. The summed E-state index contributed by atoms with van der Waals surface area (Å²) in [5.74, 6) is -0.103. The first kappa shape index (κ1) is 25.8. The number of nitrogens with zero attached hydrogens (tertiary/aromatic N) is 6. The third-order valence-corrected chi connectivity index (χ3v) is 6.84. The van der Waals surface area contributed by atoms with Crippen LogP contribution in [0.2, 0.25) is 0 Å². The van der Waals surface area contributed by atoms with Crippen LogP contribution in [0.25, 0.3) is 22.0 Å². The predicted molar refractivity (Wildman–Crippen MR) is 141 cm³/mol. The van der Waals surface area contributed by atoms with Gasteiger partial charge < -0.3 is 10.2 Å². The van der Waals surface area contributed by atoms with Crippen molar-refractivity contribution in [2.75, 3.05) is 11.9 Å². The standard InChI is InChI=1S/C26H24BrF2N7O2/c1-14(28)25-19-8-16(17-10-30-15(2)31-11-17)6-7-20(19)36(34-25)13-24(37)35-12-18(29)9-21(35)26(38)33-23-5-3-4-22(27)32-23/h3-8,10-11,14,18,21H,9,12-13H2,1-2H3,(H,32,33,38). The van der Waals surface area contributed by atoms with Crippen LogP contribution in [0.15, 0.2) is 53.4 Å². The molecular weight excluding hydrogens is 560 g/mol. The van der Waals surface area contributed by atoms with Gasteiger partial charge in [0.1, 0.15) is 46.9 Å². The molecule has 4 heterocycles. The average molecular weight is 584 g/mol. The number of benzene rings is 1. The summed E-state index contributed by atoms with van der Waals surface area (Å²) in [6.45, 7) is 2.67. The normalized spacial score (nSPS) is 18.1. The average Bonchev–Trinajstić information content (AvgIpc) is 3.45. The fourth-order valence-corrected chi connectivity index (χ4v) is 4.90. The fraction of sp³-hybridized carbons (Fsp3) is 0.308. The number of pyridine rings is 1. The van der Waals surface area contributed by atoms with Crippen LogP contribution in [-0.2, 0) is 16.1 Å². The molecule has 3 atom stereocenters. The molecule has 3 unspecified atom stereocenters. The van der Waals surface area contributed by atoms with Crippen LogP contribution in [-0.4, -0.2) is 60.2 Å². The van der Waals surface area contributed by atoms with Gasteiger partial charge in [-0.15, -0.1) is 0 Å². The minimum absolute atomic E-state index is 0.125. The lowest BCUT2D eigenvalue weighted by atomic mass is 10.0. The summed E-state index contributed by atoms with van der Waals surface area (Å²) in [6, 6.07) is 9.36. The number of nitrogens with one attached hydrogen (secondary N) is 1. The van der Waals surface area contributed by atoms with Crippen LogP contribution in [0.1, 0.15) is 31.0 Å². The topological polar surface area (TPSA) is 106 Å². The number of halogens is 3. The summed E-state index contributed by atoms with van der Waals surface area (Å²) in [5, 5.41) is 7.56. The SMILES string of the molecule is Cc1ncc(-c2ccc3c(c2)c(C(C)F)nn3CC(=O)N2CC(F)CC2C(=O)Nc2cccc(Br)n2)cn1. The molecule has 1 aliphatic rings. The van der Waals surface area contributed by atoms with Crippen LogP contribution in [0.3, 0.4) is 0 Å². The number of aryl methyl sites for hydroxylation is 1. The molecule has 0 spiro atoms. The highest BCUT2D eigenvalue weighted by molar-refractivity contribution is 9.10. The molecule has 9 nitrogen and oxygen atoms in total. The van der Waals surface area contributed by atoms with E-state index in [2.05, 4.69) is 41.3 Å². The highest BCUT2D eigenvalue weighted by Gasteiger charge is 2.40. The van der Waals surface area contributed by atoms with E-state index in [0.29, 0.717) is 21.3 Å². The quantitative estimate of drug-likeness (QED) is 0.333. The summed E-state index contributed by atoms with van der Waals surface area (Å²) in [6.07, 6.45) is 0.508. The van der Waals surface area contributed by atoms with Gasteiger partial charge in [0.25, 0.3) is 0 Å². The van der Waals surface area contributed by atoms with Crippen molar-refractivity contribution < 1.29 is 18.4 Å². The van der Waals surface area contributed by atoms with E-state index in [1.807, 2.05) is 6.07 Å². The minimum Gasteiger partial charge on any atom is -0.326 e. The number of aromatic nitrogens is 5. The molecular formula is C26H24BrF2N7O2. The molecule has 196 valence electrons. The Morgan fingerprint density at radius 2 is 1.95 bits per heavy atom. The lowest BCUT2D eigenvalue weighted by Gasteiger charge is -2.23. The first-order valence-corrected chi connectivity index (χ1v) is 12.8. The first-order chi connectivity index (χ1) is 18.2. The maximum absolute atomic E-state index is 14.5. The van der Waals surface area contributed by atoms with Crippen molar-refractivity contribution in [3.8, 4) is 11.1 Å². The molecule has 12 heteroatoms. The van der Waals surface area contributed by atoms with Crippen LogP contribution in [0.5, 0.6) is 0 Å². The van der Waals surface area contributed by atoms with Crippen molar-refractivity contribution in [1.82, 2.24) is 29.6 Å². The van der Waals surface area contributed by atoms with Crippen LogP contribution >= 0.6 is 15.9 Å². The monoisotopic (exact) mass is 583 g/mol. The number of hydrogen-bond acceptors (Lipinski definition) is 6. The van der Waals surface area contributed by atoms with E-state index < -0.39 is 30.2 Å². The Hall–Kier alpha value is -3.80. The summed E-state index contributed by atoms with van der Waals surface area (Å²) >= 11 is 3.24. The highest BCUT2D eigenvalue weighted by Crippen LogP contribution is 2.31. The second-order valence-corrected chi connectivity index (χ2v) is 9.95. The van der Waals surface area contributed by atoms with E-state index in [4.69, 9.17) is 0 Å². The van der Waals surface area contributed by atoms with E-state index in [1.165, 1.54) is 16.5 Å². The molecule has 1 N–H and O–H groups in total. The van der Waals surface area contributed by atoms with Gasteiger partial charge in [0.05, 0.1) is 12.1 Å². The maximum atomic E-state index is 14.5. The third kappa shape index (κ3) is 5.26. The van der Waals surface area contributed by atoms with Gasteiger partial charge in [-0.05, 0) is 59.6 Å². The van der Waals surface area contributed by atoms with Gasteiger partial charge in [0.15, 0.2) is 0 Å². The molecule has 1 aromatic carbocycles. The summed E-state index contributed by atoms with van der Waals surface area (Å²) in [4.78, 5) is 40.0.